The molecule has 0 bridgehead atoms. The van der Waals surface area contributed by atoms with Crippen LogP contribution in [0.5, 0.6) is 0 Å². The van der Waals surface area contributed by atoms with Gasteiger partial charge in [0.15, 0.2) is 0 Å². The fraction of sp³-hybridized carbons (Fsp3) is 1.00. The zero-order chi connectivity index (χ0) is 11.1. The third-order valence-corrected chi connectivity index (χ3v) is 5.45. The van der Waals surface area contributed by atoms with Crippen molar-refractivity contribution in [1.82, 2.24) is 5.32 Å². The number of nitrogens with one attached hydrogen (secondary N) is 1. The first kappa shape index (κ1) is 11.4. The molecule has 1 heterocycles. The molecule has 2 fully saturated rings. The lowest BCUT2D eigenvalue weighted by Crippen LogP contribution is -2.40. The molecule has 0 amide bonds. The number of hydrogen-bond acceptors (Lipinski definition) is 1. The van der Waals surface area contributed by atoms with Crippen LogP contribution in [0.15, 0.2) is 0 Å². The monoisotopic (exact) mass is 209 g/mol. The minimum absolute atomic E-state index is 0.603. The van der Waals surface area contributed by atoms with E-state index in [1.54, 1.807) is 0 Å². The van der Waals surface area contributed by atoms with Crippen molar-refractivity contribution in [2.24, 2.45) is 23.2 Å². The van der Waals surface area contributed by atoms with Crippen LogP contribution in [0.3, 0.4) is 0 Å². The van der Waals surface area contributed by atoms with Gasteiger partial charge in [0.05, 0.1) is 0 Å². The zero-order valence-electron chi connectivity index (χ0n) is 10.8. The van der Waals surface area contributed by atoms with Gasteiger partial charge in [-0.15, -0.1) is 0 Å². The summed E-state index contributed by atoms with van der Waals surface area (Å²) in [6, 6.07) is 0.713. The summed E-state index contributed by atoms with van der Waals surface area (Å²) in [6.45, 7) is 11.1. The predicted molar refractivity (Wildman–Crippen MR) is 65.9 cm³/mol. The molecule has 5 unspecified atom stereocenters. The Morgan fingerprint density at radius 3 is 2.67 bits per heavy atom. The van der Waals surface area contributed by atoms with Crippen molar-refractivity contribution in [2.45, 2.75) is 59.4 Å². The summed E-state index contributed by atoms with van der Waals surface area (Å²) >= 11 is 0. The van der Waals surface area contributed by atoms with Gasteiger partial charge in [-0.1, -0.05) is 20.8 Å². The van der Waals surface area contributed by atoms with Crippen LogP contribution < -0.4 is 5.32 Å². The molecule has 1 nitrogen and oxygen atoms in total. The maximum atomic E-state index is 3.66. The van der Waals surface area contributed by atoms with Gasteiger partial charge in [0.2, 0.25) is 0 Å². The van der Waals surface area contributed by atoms with Crippen LogP contribution in [-0.2, 0) is 0 Å². The van der Waals surface area contributed by atoms with Crippen LogP contribution in [0.1, 0.15) is 53.4 Å². The summed E-state index contributed by atoms with van der Waals surface area (Å²) in [5.74, 6) is 2.84. The highest BCUT2D eigenvalue weighted by atomic mass is 14.9. The van der Waals surface area contributed by atoms with Crippen molar-refractivity contribution in [3.8, 4) is 0 Å². The molecule has 2 rings (SSSR count). The van der Waals surface area contributed by atoms with Crippen LogP contribution in [0.25, 0.3) is 0 Å². The van der Waals surface area contributed by atoms with E-state index in [0.29, 0.717) is 11.5 Å². The summed E-state index contributed by atoms with van der Waals surface area (Å²) in [5, 5.41) is 3.66. The molecule has 1 heteroatoms. The minimum atomic E-state index is 0.603. The average Bonchev–Trinajstić information content (AvgIpc) is 2.35. The molecule has 1 N–H and O–H groups in total. The molecule has 0 spiro atoms. The summed E-state index contributed by atoms with van der Waals surface area (Å²) in [6.07, 6.45) is 5.68. The summed E-state index contributed by atoms with van der Waals surface area (Å²) < 4.78 is 0. The first-order valence-corrected chi connectivity index (χ1v) is 6.77. The summed E-state index contributed by atoms with van der Waals surface area (Å²) in [4.78, 5) is 0. The third kappa shape index (κ3) is 1.95. The zero-order valence-corrected chi connectivity index (χ0v) is 10.8. The van der Waals surface area contributed by atoms with Crippen LogP contribution in [0.4, 0.5) is 0 Å². The van der Waals surface area contributed by atoms with E-state index in [0.717, 1.165) is 17.8 Å². The van der Waals surface area contributed by atoms with Gasteiger partial charge < -0.3 is 5.32 Å². The van der Waals surface area contributed by atoms with E-state index >= 15 is 0 Å². The average molecular weight is 209 g/mol. The Hall–Kier alpha value is -0.0400. The van der Waals surface area contributed by atoms with Gasteiger partial charge in [0.25, 0.3) is 0 Å². The molecule has 1 saturated carbocycles. The van der Waals surface area contributed by atoms with Crippen molar-refractivity contribution in [1.29, 1.82) is 0 Å². The molecule has 0 aromatic carbocycles. The van der Waals surface area contributed by atoms with E-state index in [1.807, 2.05) is 0 Å². The molecule has 0 radical (unpaired) electrons. The molecule has 88 valence electrons. The van der Waals surface area contributed by atoms with E-state index in [9.17, 15) is 0 Å². The van der Waals surface area contributed by atoms with E-state index in [-0.39, 0.29) is 0 Å². The van der Waals surface area contributed by atoms with Crippen molar-refractivity contribution in [2.75, 3.05) is 6.54 Å². The normalized spacial score (nSPS) is 52.0. The molecule has 15 heavy (non-hydrogen) atoms. The van der Waals surface area contributed by atoms with Gasteiger partial charge in [0, 0.05) is 6.04 Å². The lowest BCUT2D eigenvalue weighted by molar-refractivity contribution is 0.109. The Labute approximate surface area is 95.0 Å². The van der Waals surface area contributed by atoms with Gasteiger partial charge in [-0.25, -0.2) is 0 Å². The second-order valence-corrected chi connectivity index (χ2v) is 6.41. The molecule has 5 atom stereocenters. The number of fused-ring (bicyclic) bond motifs is 1. The summed E-state index contributed by atoms with van der Waals surface area (Å²) in [7, 11) is 0. The topological polar surface area (TPSA) is 12.0 Å². The molecular weight excluding hydrogens is 182 g/mol. The molecule has 1 aliphatic carbocycles. The van der Waals surface area contributed by atoms with Gasteiger partial charge in [-0.2, -0.15) is 0 Å². The van der Waals surface area contributed by atoms with Crippen LogP contribution in [0.2, 0.25) is 0 Å². The second kappa shape index (κ2) is 4.08. The maximum Gasteiger partial charge on any atom is 0.00441 e. The lowest BCUT2D eigenvalue weighted by Gasteiger charge is -2.40. The Morgan fingerprint density at radius 2 is 1.93 bits per heavy atom. The van der Waals surface area contributed by atoms with E-state index in [4.69, 9.17) is 0 Å². The quantitative estimate of drug-likeness (QED) is 0.644. The summed E-state index contributed by atoms with van der Waals surface area (Å²) in [5.41, 5.74) is 0.603. The lowest BCUT2D eigenvalue weighted by atomic mass is 9.68. The predicted octanol–water partition coefficient (Wildman–Crippen LogP) is 3.45. The Balaban J connectivity index is 2.18. The Kier molecular flexibility index (Phi) is 3.12. The van der Waals surface area contributed by atoms with E-state index in [1.165, 1.54) is 32.2 Å². The third-order valence-electron chi connectivity index (χ3n) is 5.45. The SMILES string of the molecule is CC1CC2(C)C(CCCN1)CC(C)C2C. The highest BCUT2D eigenvalue weighted by Gasteiger charge is 2.48. The Morgan fingerprint density at radius 1 is 1.20 bits per heavy atom. The van der Waals surface area contributed by atoms with Crippen LogP contribution >= 0.6 is 0 Å². The number of rotatable bonds is 0. The molecule has 1 aliphatic heterocycles. The van der Waals surface area contributed by atoms with Crippen molar-refractivity contribution in [3.05, 3.63) is 0 Å². The molecule has 0 aromatic rings. The molecule has 2 aliphatic rings. The van der Waals surface area contributed by atoms with Gasteiger partial charge in [-0.05, 0) is 62.3 Å². The van der Waals surface area contributed by atoms with Crippen molar-refractivity contribution >= 4 is 0 Å². The van der Waals surface area contributed by atoms with Crippen molar-refractivity contribution in [3.63, 3.8) is 0 Å². The van der Waals surface area contributed by atoms with Crippen molar-refractivity contribution < 1.29 is 0 Å². The number of hydrogen-bond donors (Lipinski definition) is 1. The van der Waals surface area contributed by atoms with E-state index < -0.39 is 0 Å². The fourth-order valence-corrected chi connectivity index (χ4v) is 4.17. The molecule has 0 aromatic heterocycles. The van der Waals surface area contributed by atoms with Crippen LogP contribution in [-0.4, -0.2) is 12.6 Å². The minimum Gasteiger partial charge on any atom is -0.314 e. The van der Waals surface area contributed by atoms with E-state index in [2.05, 4.69) is 33.0 Å². The highest BCUT2D eigenvalue weighted by Crippen LogP contribution is 2.55. The standard InChI is InChI=1S/C14H27N/c1-10-8-13-6-5-7-15-11(2)9-14(13,4)12(10)3/h10-13,15H,5-9H2,1-4H3. The first-order valence-electron chi connectivity index (χ1n) is 6.77. The first-order chi connectivity index (χ1) is 7.04. The van der Waals surface area contributed by atoms with Gasteiger partial charge in [0.1, 0.15) is 0 Å². The Bertz CT molecular complexity index is 225. The van der Waals surface area contributed by atoms with Gasteiger partial charge >= 0.3 is 0 Å². The second-order valence-electron chi connectivity index (χ2n) is 6.41. The fourth-order valence-electron chi connectivity index (χ4n) is 4.17. The van der Waals surface area contributed by atoms with Gasteiger partial charge in [-0.3, -0.25) is 0 Å². The smallest absolute Gasteiger partial charge is 0.00441 e. The molecular formula is C14H27N. The maximum absolute atomic E-state index is 3.66. The van der Waals surface area contributed by atoms with Crippen LogP contribution in [0, 0.1) is 23.2 Å². The molecule has 1 saturated heterocycles. The highest BCUT2D eigenvalue weighted by molar-refractivity contribution is 4.98. The largest absolute Gasteiger partial charge is 0.314 e.